The van der Waals surface area contributed by atoms with Crippen molar-refractivity contribution in [2.24, 2.45) is 0 Å². The quantitative estimate of drug-likeness (QED) is 0.669. The van der Waals surface area contributed by atoms with E-state index in [0.717, 1.165) is 11.7 Å². The molecule has 0 atom stereocenters. The van der Waals surface area contributed by atoms with Crippen LogP contribution < -0.4 is 4.74 Å². The standard InChI is InChI=1S/C10H8N2O2/c1-14-9-3-2-8-7(6-13)4-5-11-10(8)12-9/h2-6H,1H3. The van der Waals surface area contributed by atoms with Crippen molar-refractivity contribution in [3.63, 3.8) is 0 Å². The molecular weight excluding hydrogens is 180 g/mol. The maximum absolute atomic E-state index is 10.7. The first-order valence-corrected chi connectivity index (χ1v) is 4.10. The summed E-state index contributed by atoms with van der Waals surface area (Å²) >= 11 is 0. The topological polar surface area (TPSA) is 52.1 Å². The minimum atomic E-state index is 0.494. The number of pyridine rings is 2. The Kier molecular flexibility index (Phi) is 2.10. The highest BCUT2D eigenvalue weighted by molar-refractivity contribution is 5.94. The average molecular weight is 188 g/mol. The van der Waals surface area contributed by atoms with E-state index in [2.05, 4.69) is 9.97 Å². The van der Waals surface area contributed by atoms with Gasteiger partial charge in [0.25, 0.3) is 0 Å². The zero-order chi connectivity index (χ0) is 9.97. The second-order valence-electron chi connectivity index (χ2n) is 2.74. The Morgan fingerprint density at radius 3 is 2.93 bits per heavy atom. The molecule has 4 nitrogen and oxygen atoms in total. The molecule has 0 aliphatic rings. The molecule has 0 unspecified atom stereocenters. The lowest BCUT2D eigenvalue weighted by Gasteiger charge is -2.01. The highest BCUT2D eigenvalue weighted by Crippen LogP contribution is 2.16. The highest BCUT2D eigenvalue weighted by atomic mass is 16.5. The third-order valence-electron chi connectivity index (χ3n) is 1.95. The van der Waals surface area contributed by atoms with Gasteiger partial charge in [-0.25, -0.2) is 4.98 Å². The molecule has 2 aromatic heterocycles. The summed E-state index contributed by atoms with van der Waals surface area (Å²) in [4.78, 5) is 18.8. The van der Waals surface area contributed by atoms with Crippen LogP contribution >= 0.6 is 0 Å². The van der Waals surface area contributed by atoms with E-state index in [-0.39, 0.29) is 0 Å². The second kappa shape index (κ2) is 3.41. The van der Waals surface area contributed by atoms with Crippen molar-refractivity contribution in [3.8, 4) is 5.88 Å². The molecule has 0 fully saturated rings. The van der Waals surface area contributed by atoms with Gasteiger partial charge in [-0.1, -0.05) is 0 Å². The molecule has 0 saturated heterocycles. The van der Waals surface area contributed by atoms with Gasteiger partial charge in [0.1, 0.15) is 0 Å². The van der Waals surface area contributed by atoms with Crippen LogP contribution in [-0.2, 0) is 0 Å². The number of hydrogen-bond acceptors (Lipinski definition) is 4. The van der Waals surface area contributed by atoms with Gasteiger partial charge in [-0.2, -0.15) is 4.98 Å². The molecule has 0 aliphatic heterocycles. The molecule has 0 N–H and O–H groups in total. The van der Waals surface area contributed by atoms with Crippen LogP contribution in [0.25, 0.3) is 11.0 Å². The maximum Gasteiger partial charge on any atom is 0.215 e. The van der Waals surface area contributed by atoms with E-state index in [1.807, 2.05) is 0 Å². The Morgan fingerprint density at radius 1 is 1.36 bits per heavy atom. The lowest BCUT2D eigenvalue weighted by atomic mass is 10.2. The van der Waals surface area contributed by atoms with Crippen molar-refractivity contribution in [2.75, 3.05) is 7.11 Å². The number of aromatic nitrogens is 2. The zero-order valence-corrected chi connectivity index (χ0v) is 7.60. The number of rotatable bonds is 2. The molecule has 70 valence electrons. The van der Waals surface area contributed by atoms with Gasteiger partial charge in [-0.15, -0.1) is 0 Å². The largest absolute Gasteiger partial charge is 0.481 e. The first-order valence-electron chi connectivity index (χ1n) is 4.10. The molecule has 2 heterocycles. The van der Waals surface area contributed by atoms with Crippen LogP contribution in [0.15, 0.2) is 24.4 Å². The van der Waals surface area contributed by atoms with Crippen molar-refractivity contribution in [1.29, 1.82) is 0 Å². The maximum atomic E-state index is 10.7. The van der Waals surface area contributed by atoms with Crippen LogP contribution in [0.4, 0.5) is 0 Å². The Bertz CT molecular complexity index is 483. The fraction of sp³-hybridized carbons (Fsp3) is 0.100. The fourth-order valence-corrected chi connectivity index (χ4v) is 1.25. The summed E-state index contributed by atoms with van der Waals surface area (Å²) in [6, 6.07) is 5.14. The third kappa shape index (κ3) is 1.31. The molecular formula is C10H8N2O2. The van der Waals surface area contributed by atoms with Crippen molar-refractivity contribution in [1.82, 2.24) is 9.97 Å². The molecule has 4 heteroatoms. The lowest BCUT2D eigenvalue weighted by molar-refractivity contribution is 0.112. The molecule has 14 heavy (non-hydrogen) atoms. The molecule has 0 aromatic carbocycles. The van der Waals surface area contributed by atoms with Crippen LogP contribution in [0.1, 0.15) is 10.4 Å². The van der Waals surface area contributed by atoms with E-state index in [0.29, 0.717) is 17.1 Å². The SMILES string of the molecule is COc1ccc2c(C=O)ccnc2n1. The second-order valence-corrected chi connectivity index (χ2v) is 2.74. The number of methoxy groups -OCH3 is 1. The van der Waals surface area contributed by atoms with Crippen LogP contribution in [0.5, 0.6) is 5.88 Å². The Morgan fingerprint density at radius 2 is 2.21 bits per heavy atom. The van der Waals surface area contributed by atoms with E-state index < -0.39 is 0 Å². The number of ether oxygens (including phenoxy) is 1. The minimum Gasteiger partial charge on any atom is -0.481 e. The highest BCUT2D eigenvalue weighted by Gasteiger charge is 2.02. The van der Waals surface area contributed by atoms with Gasteiger partial charge in [-0.05, 0) is 12.1 Å². The number of hydrogen-bond donors (Lipinski definition) is 0. The predicted octanol–water partition coefficient (Wildman–Crippen LogP) is 1.45. The number of carbonyl (C=O) groups is 1. The van der Waals surface area contributed by atoms with Gasteiger partial charge in [0.2, 0.25) is 5.88 Å². The lowest BCUT2D eigenvalue weighted by Crippen LogP contribution is -1.92. The monoisotopic (exact) mass is 188 g/mol. The molecule has 0 spiro atoms. The van der Waals surface area contributed by atoms with Gasteiger partial charge in [0, 0.05) is 23.2 Å². The van der Waals surface area contributed by atoms with Crippen LogP contribution in [0.2, 0.25) is 0 Å². The number of aldehydes is 1. The van der Waals surface area contributed by atoms with E-state index in [4.69, 9.17) is 4.74 Å². The molecule has 0 radical (unpaired) electrons. The molecule has 0 aliphatic carbocycles. The van der Waals surface area contributed by atoms with E-state index in [9.17, 15) is 4.79 Å². The Hall–Kier alpha value is -1.97. The van der Waals surface area contributed by atoms with Gasteiger partial charge in [0.05, 0.1) is 7.11 Å². The summed E-state index contributed by atoms with van der Waals surface area (Å²) in [5.74, 6) is 0.494. The molecule has 0 saturated carbocycles. The zero-order valence-electron chi connectivity index (χ0n) is 7.60. The number of fused-ring (bicyclic) bond motifs is 1. The van der Waals surface area contributed by atoms with E-state index in [1.165, 1.54) is 7.11 Å². The summed E-state index contributed by atoms with van der Waals surface area (Å²) in [5, 5.41) is 0.739. The van der Waals surface area contributed by atoms with Crippen molar-refractivity contribution >= 4 is 17.3 Å². The van der Waals surface area contributed by atoms with Crippen LogP contribution in [0, 0.1) is 0 Å². The van der Waals surface area contributed by atoms with Crippen LogP contribution in [0.3, 0.4) is 0 Å². The normalized spacial score (nSPS) is 10.1. The summed E-state index contributed by atoms with van der Waals surface area (Å²) in [5.41, 5.74) is 1.11. The van der Waals surface area contributed by atoms with Gasteiger partial charge >= 0.3 is 0 Å². The first-order chi connectivity index (χ1) is 6.85. The number of carbonyl (C=O) groups excluding carboxylic acids is 1. The van der Waals surface area contributed by atoms with E-state index >= 15 is 0 Å². The van der Waals surface area contributed by atoms with E-state index in [1.54, 1.807) is 24.4 Å². The van der Waals surface area contributed by atoms with Crippen molar-refractivity contribution < 1.29 is 9.53 Å². The molecule has 2 aromatic rings. The first kappa shape index (κ1) is 8.62. The number of nitrogens with zero attached hydrogens (tertiary/aromatic N) is 2. The fourth-order valence-electron chi connectivity index (χ4n) is 1.25. The van der Waals surface area contributed by atoms with Crippen molar-refractivity contribution in [2.45, 2.75) is 0 Å². The van der Waals surface area contributed by atoms with Crippen molar-refractivity contribution in [3.05, 3.63) is 30.0 Å². The summed E-state index contributed by atoms with van der Waals surface area (Å²) in [6.07, 6.45) is 2.34. The molecule has 0 amide bonds. The summed E-state index contributed by atoms with van der Waals surface area (Å²) in [6.45, 7) is 0. The Labute approximate surface area is 80.6 Å². The Balaban J connectivity index is 2.73. The van der Waals surface area contributed by atoms with Gasteiger partial charge in [0.15, 0.2) is 11.9 Å². The van der Waals surface area contributed by atoms with Crippen LogP contribution in [-0.4, -0.2) is 23.4 Å². The molecule has 2 rings (SSSR count). The summed E-state index contributed by atoms with van der Waals surface area (Å²) in [7, 11) is 1.54. The minimum absolute atomic E-state index is 0.494. The average Bonchev–Trinajstić information content (AvgIpc) is 2.27. The molecule has 0 bridgehead atoms. The smallest absolute Gasteiger partial charge is 0.215 e. The predicted molar refractivity (Wildman–Crippen MR) is 51.5 cm³/mol. The summed E-state index contributed by atoms with van der Waals surface area (Å²) < 4.78 is 4.96. The third-order valence-corrected chi connectivity index (χ3v) is 1.95. The van der Waals surface area contributed by atoms with Gasteiger partial charge in [-0.3, -0.25) is 4.79 Å². The van der Waals surface area contributed by atoms with Gasteiger partial charge < -0.3 is 4.74 Å².